The molecule has 0 unspecified atom stereocenters. The van der Waals surface area contributed by atoms with E-state index in [0.29, 0.717) is 5.56 Å². The first-order chi connectivity index (χ1) is 7.27. The molecule has 0 spiro atoms. The molecule has 0 aliphatic rings. The van der Waals surface area contributed by atoms with Gasteiger partial charge in [0, 0.05) is 6.04 Å². The molecule has 1 atom stereocenters. The van der Waals surface area contributed by atoms with E-state index in [4.69, 9.17) is 16.7 Å². The summed E-state index contributed by atoms with van der Waals surface area (Å²) in [5.74, 6) is 0. The summed E-state index contributed by atoms with van der Waals surface area (Å²) in [6, 6.07) is 9.60. The first-order valence-corrected chi connectivity index (χ1v) is 5.23. The summed E-state index contributed by atoms with van der Waals surface area (Å²) in [4.78, 5) is 0. The average molecular weight is 240 g/mol. The van der Waals surface area contributed by atoms with Crippen molar-refractivity contribution >= 4 is 12.4 Å². The summed E-state index contributed by atoms with van der Waals surface area (Å²) in [7, 11) is 0. The second kappa shape index (κ2) is 8.12. The molecule has 4 heteroatoms. The monoisotopic (exact) mass is 239 g/mol. The van der Waals surface area contributed by atoms with E-state index in [-0.39, 0.29) is 18.4 Å². The van der Waals surface area contributed by atoms with E-state index in [0.717, 1.165) is 31.4 Å². The van der Waals surface area contributed by atoms with Gasteiger partial charge in [-0.05, 0) is 37.1 Å². The molecule has 0 fully saturated rings. The smallest absolute Gasteiger partial charge is 0.0991 e. The zero-order valence-electron chi connectivity index (χ0n) is 9.23. The summed E-state index contributed by atoms with van der Waals surface area (Å²) in [5, 5.41) is 8.65. The van der Waals surface area contributed by atoms with E-state index in [2.05, 4.69) is 6.07 Å². The minimum atomic E-state index is 0. The fraction of sp³-hybridized carbons (Fsp3) is 0.417. The molecule has 0 aliphatic heterocycles. The van der Waals surface area contributed by atoms with Crippen LogP contribution < -0.4 is 11.5 Å². The molecule has 16 heavy (non-hydrogen) atoms. The third-order valence-corrected chi connectivity index (χ3v) is 2.44. The third kappa shape index (κ3) is 4.63. The van der Waals surface area contributed by atoms with Gasteiger partial charge in [-0.2, -0.15) is 5.26 Å². The Hall–Kier alpha value is -1.08. The first kappa shape index (κ1) is 14.9. The standard InChI is InChI=1S/C12H17N3.ClH/c13-8-2-1-3-12(15)11-6-4-10(9-14)5-7-11;/h4-7,12H,1-3,8,13,15H2;1H/t12-;/m1./s1. The third-order valence-electron chi connectivity index (χ3n) is 2.44. The Labute approximate surface area is 103 Å². The molecule has 1 rings (SSSR count). The normalized spacial score (nSPS) is 11.3. The maximum absolute atomic E-state index is 8.65. The van der Waals surface area contributed by atoms with Crippen molar-refractivity contribution in [3.05, 3.63) is 35.4 Å². The van der Waals surface area contributed by atoms with Crippen molar-refractivity contribution in [1.82, 2.24) is 0 Å². The van der Waals surface area contributed by atoms with Crippen LogP contribution in [0.1, 0.15) is 36.4 Å². The van der Waals surface area contributed by atoms with Crippen molar-refractivity contribution in [1.29, 1.82) is 5.26 Å². The van der Waals surface area contributed by atoms with Crippen LogP contribution in [0.2, 0.25) is 0 Å². The lowest BCUT2D eigenvalue weighted by atomic mass is 10.0. The predicted molar refractivity (Wildman–Crippen MR) is 68.2 cm³/mol. The van der Waals surface area contributed by atoms with Crippen LogP contribution >= 0.6 is 12.4 Å². The molecule has 0 amide bonds. The van der Waals surface area contributed by atoms with Gasteiger partial charge < -0.3 is 11.5 Å². The minimum absolute atomic E-state index is 0. The van der Waals surface area contributed by atoms with Gasteiger partial charge in [0.2, 0.25) is 0 Å². The average Bonchev–Trinajstić information content (AvgIpc) is 2.29. The maximum atomic E-state index is 8.65. The fourth-order valence-corrected chi connectivity index (χ4v) is 1.48. The van der Waals surface area contributed by atoms with Gasteiger partial charge in [-0.3, -0.25) is 0 Å². The van der Waals surface area contributed by atoms with Gasteiger partial charge in [0.05, 0.1) is 11.6 Å². The number of rotatable bonds is 5. The summed E-state index contributed by atoms with van der Waals surface area (Å²) in [6.07, 6.45) is 3.02. The van der Waals surface area contributed by atoms with Gasteiger partial charge in [-0.15, -0.1) is 12.4 Å². The van der Waals surface area contributed by atoms with E-state index in [1.165, 1.54) is 0 Å². The van der Waals surface area contributed by atoms with Crippen LogP contribution in [0.15, 0.2) is 24.3 Å². The van der Waals surface area contributed by atoms with Gasteiger partial charge in [-0.25, -0.2) is 0 Å². The van der Waals surface area contributed by atoms with Crippen molar-refractivity contribution in [2.75, 3.05) is 6.54 Å². The van der Waals surface area contributed by atoms with E-state index >= 15 is 0 Å². The number of nitrogens with two attached hydrogens (primary N) is 2. The van der Waals surface area contributed by atoms with Crippen molar-refractivity contribution in [3.8, 4) is 6.07 Å². The van der Waals surface area contributed by atoms with Crippen LogP contribution in [0.3, 0.4) is 0 Å². The molecule has 4 N–H and O–H groups in total. The van der Waals surface area contributed by atoms with Gasteiger partial charge in [0.1, 0.15) is 0 Å². The highest BCUT2D eigenvalue weighted by Gasteiger charge is 2.04. The highest BCUT2D eigenvalue weighted by atomic mass is 35.5. The van der Waals surface area contributed by atoms with E-state index in [1.807, 2.05) is 12.1 Å². The number of benzene rings is 1. The number of unbranched alkanes of at least 4 members (excludes halogenated alkanes) is 1. The molecule has 1 aromatic rings. The van der Waals surface area contributed by atoms with Crippen LogP contribution in [-0.2, 0) is 0 Å². The second-order valence-electron chi connectivity index (χ2n) is 3.62. The number of nitriles is 1. The highest BCUT2D eigenvalue weighted by Crippen LogP contribution is 2.16. The molecule has 0 heterocycles. The van der Waals surface area contributed by atoms with Crippen molar-refractivity contribution in [3.63, 3.8) is 0 Å². The molecule has 0 bridgehead atoms. The lowest BCUT2D eigenvalue weighted by molar-refractivity contribution is 0.591. The van der Waals surface area contributed by atoms with Crippen LogP contribution in [0.4, 0.5) is 0 Å². The van der Waals surface area contributed by atoms with E-state index in [1.54, 1.807) is 12.1 Å². The first-order valence-electron chi connectivity index (χ1n) is 5.23. The molecule has 0 aliphatic carbocycles. The van der Waals surface area contributed by atoms with Gasteiger partial charge >= 0.3 is 0 Å². The van der Waals surface area contributed by atoms with Crippen molar-refractivity contribution in [2.45, 2.75) is 25.3 Å². The number of nitrogens with zero attached hydrogens (tertiary/aromatic N) is 1. The Morgan fingerprint density at radius 3 is 2.31 bits per heavy atom. The van der Waals surface area contributed by atoms with Gasteiger partial charge in [-0.1, -0.05) is 18.6 Å². The Morgan fingerprint density at radius 2 is 1.81 bits per heavy atom. The lowest BCUT2D eigenvalue weighted by Crippen LogP contribution is -2.11. The summed E-state index contributed by atoms with van der Waals surface area (Å²) in [6.45, 7) is 0.722. The minimum Gasteiger partial charge on any atom is -0.330 e. The maximum Gasteiger partial charge on any atom is 0.0991 e. The molecule has 0 aromatic heterocycles. The molecule has 88 valence electrons. The fourth-order valence-electron chi connectivity index (χ4n) is 1.48. The summed E-state index contributed by atoms with van der Waals surface area (Å²) < 4.78 is 0. The van der Waals surface area contributed by atoms with Crippen LogP contribution in [-0.4, -0.2) is 6.54 Å². The Balaban J connectivity index is 0.00000225. The Bertz CT molecular complexity index is 329. The predicted octanol–water partition coefficient (Wildman–Crippen LogP) is 2.11. The molecule has 1 aromatic carbocycles. The van der Waals surface area contributed by atoms with Gasteiger partial charge in [0.15, 0.2) is 0 Å². The molecular weight excluding hydrogens is 222 g/mol. The highest BCUT2D eigenvalue weighted by molar-refractivity contribution is 5.85. The number of halogens is 1. The quantitative estimate of drug-likeness (QED) is 0.773. The molecular formula is C12H18ClN3. The Kier molecular flexibility index (Phi) is 7.57. The van der Waals surface area contributed by atoms with Crippen LogP contribution in [0.5, 0.6) is 0 Å². The van der Waals surface area contributed by atoms with Gasteiger partial charge in [0.25, 0.3) is 0 Å². The van der Waals surface area contributed by atoms with E-state index < -0.39 is 0 Å². The van der Waals surface area contributed by atoms with Crippen LogP contribution in [0, 0.1) is 11.3 Å². The van der Waals surface area contributed by atoms with E-state index in [9.17, 15) is 0 Å². The molecule has 0 radical (unpaired) electrons. The zero-order chi connectivity index (χ0) is 11.1. The number of hydrogen-bond acceptors (Lipinski definition) is 3. The summed E-state index contributed by atoms with van der Waals surface area (Å²) in [5.41, 5.74) is 13.2. The molecule has 0 saturated heterocycles. The topological polar surface area (TPSA) is 75.8 Å². The molecule has 3 nitrogen and oxygen atoms in total. The van der Waals surface area contributed by atoms with Crippen molar-refractivity contribution < 1.29 is 0 Å². The zero-order valence-corrected chi connectivity index (χ0v) is 10.0. The largest absolute Gasteiger partial charge is 0.330 e. The lowest BCUT2D eigenvalue weighted by Gasteiger charge is -2.11. The number of hydrogen-bond donors (Lipinski definition) is 2. The Morgan fingerprint density at radius 1 is 1.19 bits per heavy atom. The summed E-state index contributed by atoms with van der Waals surface area (Å²) >= 11 is 0. The molecule has 0 saturated carbocycles. The van der Waals surface area contributed by atoms with Crippen LogP contribution in [0.25, 0.3) is 0 Å². The SMILES string of the molecule is Cl.N#Cc1ccc([C@H](N)CCCCN)cc1. The van der Waals surface area contributed by atoms with Crippen molar-refractivity contribution in [2.24, 2.45) is 11.5 Å². The second-order valence-corrected chi connectivity index (χ2v) is 3.62.